The summed E-state index contributed by atoms with van der Waals surface area (Å²) < 4.78 is 22.3. The molecule has 0 saturated carbocycles. The minimum atomic E-state index is -0.779. The van der Waals surface area contributed by atoms with E-state index in [4.69, 9.17) is 82.7 Å². The molecular formula is C27H19Cl5N2O5. The summed E-state index contributed by atoms with van der Waals surface area (Å²) in [5, 5.41) is 9.45. The smallest absolute Gasteiger partial charge is 0.349 e. The van der Waals surface area contributed by atoms with Gasteiger partial charge in [-0.2, -0.15) is 5.26 Å². The number of nitrogens with two attached hydrogens (primary N) is 1. The predicted octanol–water partition coefficient (Wildman–Crippen LogP) is 7.94. The molecule has 3 aromatic rings. The van der Waals surface area contributed by atoms with Crippen LogP contribution in [0.5, 0.6) is 23.0 Å². The van der Waals surface area contributed by atoms with Crippen LogP contribution in [-0.2, 0) is 4.79 Å². The van der Waals surface area contributed by atoms with Crippen LogP contribution in [0.1, 0.15) is 30.4 Å². The Morgan fingerprint density at radius 1 is 0.974 bits per heavy atom. The number of hydrogen-bond donors (Lipinski definition) is 1. The third-order valence-electron chi connectivity index (χ3n) is 5.59. The van der Waals surface area contributed by atoms with Crippen molar-refractivity contribution in [3.05, 3.63) is 90.2 Å². The van der Waals surface area contributed by atoms with E-state index >= 15 is 0 Å². The summed E-state index contributed by atoms with van der Waals surface area (Å²) >= 11 is 30.3. The number of benzene rings is 3. The Balaban J connectivity index is 1.55. The molecule has 0 radical (unpaired) electrons. The Hall–Kier alpha value is -2.99. The molecule has 0 fully saturated rings. The molecule has 0 aromatic heterocycles. The van der Waals surface area contributed by atoms with E-state index in [2.05, 4.69) is 6.07 Å². The van der Waals surface area contributed by atoms with E-state index in [1.54, 1.807) is 12.1 Å². The molecule has 2 N–H and O–H groups in total. The van der Waals surface area contributed by atoms with Gasteiger partial charge >= 0.3 is 5.97 Å². The van der Waals surface area contributed by atoms with Gasteiger partial charge in [0.2, 0.25) is 5.88 Å². The van der Waals surface area contributed by atoms with Gasteiger partial charge in [0.15, 0.2) is 12.4 Å². The Morgan fingerprint density at radius 2 is 1.67 bits per heavy atom. The highest BCUT2D eigenvalue weighted by atomic mass is 35.5. The van der Waals surface area contributed by atoms with Gasteiger partial charge in [0, 0.05) is 11.6 Å². The van der Waals surface area contributed by atoms with E-state index in [1.807, 2.05) is 31.2 Å². The van der Waals surface area contributed by atoms with Crippen LogP contribution in [0.4, 0.5) is 0 Å². The van der Waals surface area contributed by atoms with Gasteiger partial charge in [0.25, 0.3) is 0 Å². The fraction of sp³-hybridized carbons (Fsp3) is 0.185. The number of fused-ring (bicyclic) bond motifs is 1. The first-order chi connectivity index (χ1) is 18.7. The van der Waals surface area contributed by atoms with E-state index in [1.165, 1.54) is 6.07 Å². The lowest BCUT2D eigenvalue weighted by Gasteiger charge is -2.27. The zero-order chi connectivity index (χ0) is 28.3. The summed E-state index contributed by atoms with van der Waals surface area (Å²) in [6, 6.07) is 14.3. The third kappa shape index (κ3) is 6.11. The molecule has 0 spiro atoms. The van der Waals surface area contributed by atoms with Crippen molar-refractivity contribution in [2.24, 2.45) is 5.73 Å². The number of carbonyl (C=O) groups is 1. The van der Waals surface area contributed by atoms with Gasteiger partial charge in [-0.15, -0.1) is 0 Å². The number of carbonyl (C=O) groups excluding carboxylic acids is 1. The molecule has 4 rings (SSSR count). The zero-order valence-electron chi connectivity index (χ0n) is 20.2. The van der Waals surface area contributed by atoms with Crippen molar-refractivity contribution in [3.63, 3.8) is 0 Å². The normalized spacial score (nSPS) is 14.2. The highest BCUT2D eigenvalue weighted by Gasteiger charge is 2.31. The molecule has 3 aromatic carbocycles. The van der Waals surface area contributed by atoms with Gasteiger partial charge in [-0.1, -0.05) is 83.1 Å². The molecule has 1 heterocycles. The molecule has 1 atom stereocenters. The van der Waals surface area contributed by atoms with E-state index in [0.29, 0.717) is 23.7 Å². The van der Waals surface area contributed by atoms with E-state index in [9.17, 15) is 10.1 Å². The molecule has 202 valence electrons. The van der Waals surface area contributed by atoms with Gasteiger partial charge in [0.1, 0.15) is 38.9 Å². The number of halogens is 5. The van der Waals surface area contributed by atoms with Crippen molar-refractivity contribution in [2.75, 3.05) is 13.2 Å². The van der Waals surface area contributed by atoms with Crippen molar-refractivity contribution in [1.82, 2.24) is 0 Å². The highest BCUT2D eigenvalue weighted by Crippen LogP contribution is 2.48. The minimum Gasteiger partial charge on any atom is -0.494 e. The van der Waals surface area contributed by atoms with Gasteiger partial charge in [-0.3, -0.25) is 0 Å². The van der Waals surface area contributed by atoms with Gasteiger partial charge in [0.05, 0.1) is 27.6 Å². The van der Waals surface area contributed by atoms with Gasteiger partial charge < -0.3 is 24.7 Å². The molecule has 0 saturated heterocycles. The van der Waals surface area contributed by atoms with Crippen LogP contribution in [-0.4, -0.2) is 19.2 Å². The van der Waals surface area contributed by atoms with E-state index < -0.39 is 18.5 Å². The average Bonchev–Trinajstić information content (AvgIpc) is 2.93. The lowest BCUT2D eigenvalue weighted by Crippen LogP contribution is -2.22. The van der Waals surface area contributed by atoms with Gasteiger partial charge in [-0.25, -0.2) is 4.79 Å². The number of ether oxygens (including phenoxy) is 4. The summed E-state index contributed by atoms with van der Waals surface area (Å²) in [7, 11) is 0. The Labute approximate surface area is 249 Å². The lowest BCUT2D eigenvalue weighted by molar-refractivity contribution is -0.136. The van der Waals surface area contributed by atoms with Crippen molar-refractivity contribution in [2.45, 2.75) is 19.3 Å². The number of nitrogens with zero attached hydrogens (tertiary/aromatic N) is 1. The minimum absolute atomic E-state index is 0.0382. The summed E-state index contributed by atoms with van der Waals surface area (Å²) in [6.07, 6.45) is 0.856. The largest absolute Gasteiger partial charge is 0.494 e. The first kappa shape index (κ1) is 29.0. The summed E-state index contributed by atoms with van der Waals surface area (Å²) in [6.45, 7) is 2.00. The second-order valence-electron chi connectivity index (χ2n) is 8.21. The Kier molecular flexibility index (Phi) is 9.27. The molecule has 0 aliphatic carbocycles. The topological polar surface area (TPSA) is 104 Å². The van der Waals surface area contributed by atoms with E-state index in [0.717, 1.165) is 12.0 Å². The fourth-order valence-corrected chi connectivity index (χ4v) is 5.08. The van der Waals surface area contributed by atoms with Crippen LogP contribution < -0.4 is 24.7 Å². The number of rotatable bonds is 8. The molecule has 12 heteroatoms. The van der Waals surface area contributed by atoms with Crippen molar-refractivity contribution >= 4 is 64.0 Å². The summed E-state index contributed by atoms with van der Waals surface area (Å²) in [4.78, 5) is 12.5. The van der Waals surface area contributed by atoms with Crippen molar-refractivity contribution < 1.29 is 23.7 Å². The predicted molar refractivity (Wildman–Crippen MR) is 151 cm³/mol. The summed E-state index contributed by atoms with van der Waals surface area (Å²) in [5.74, 6) is -0.309. The molecule has 0 amide bonds. The Morgan fingerprint density at radius 3 is 2.33 bits per heavy atom. The van der Waals surface area contributed by atoms with Crippen molar-refractivity contribution in [3.8, 4) is 29.1 Å². The van der Waals surface area contributed by atoms with Crippen molar-refractivity contribution in [1.29, 1.82) is 5.26 Å². The Bertz CT molecular complexity index is 1490. The number of hydrogen-bond acceptors (Lipinski definition) is 7. The van der Waals surface area contributed by atoms with Crippen LogP contribution in [0, 0.1) is 11.3 Å². The van der Waals surface area contributed by atoms with Crippen LogP contribution in [0.15, 0.2) is 53.9 Å². The summed E-state index contributed by atoms with van der Waals surface area (Å²) in [5.41, 5.74) is 7.80. The quantitative estimate of drug-likeness (QED) is 0.117. The molecule has 1 unspecified atom stereocenters. The highest BCUT2D eigenvalue weighted by molar-refractivity contribution is 6.55. The van der Waals surface area contributed by atoms with Gasteiger partial charge in [-0.05, 0) is 30.2 Å². The molecule has 1 aliphatic rings. The molecular weight excluding hydrogens is 610 g/mol. The van der Waals surface area contributed by atoms with E-state index in [-0.39, 0.29) is 48.1 Å². The molecule has 39 heavy (non-hydrogen) atoms. The monoisotopic (exact) mass is 626 g/mol. The third-order valence-corrected chi connectivity index (χ3v) is 7.83. The maximum absolute atomic E-state index is 12.5. The molecule has 7 nitrogen and oxygen atoms in total. The van der Waals surface area contributed by atoms with Crippen LogP contribution in [0.25, 0.3) is 0 Å². The number of nitriles is 1. The second kappa shape index (κ2) is 12.5. The SMILES string of the molecule is CCCOc1cccc(C2C(C#N)=C(N)Oc3cc(OC(=O)COc4c(Cl)c(Cl)c(Cl)c(Cl)c4Cl)ccc32)c1. The zero-order valence-corrected chi connectivity index (χ0v) is 24.0. The molecule has 0 bridgehead atoms. The van der Waals surface area contributed by atoms with Crippen LogP contribution >= 0.6 is 58.0 Å². The number of esters is 1. The van der Waals surface area contributed by atoms with Crippen LogP contribution in [0.3, 0.4) is 0 Å². The fourth-order valence-electron chi connectivity index (χ4n) is 3.85. The average molecular weight is 629 g/mol. The first-order valence-corrected chi connectivity index (χ1v) is 13.3. The second-order valence-corrected chi connectivity index (χ2v) is 10.1. The standard InChI is InChI=1S/C27H19Cl5N2O5/c1-2-8-36-14-5-3-4-13(9-14)20-16-7-6-15(10-18(16)39-27(34)17(20)11-33)38-19(35)12-37-26-24(31)22(29)21(28)23(30)25(26)32/h3-7,9-10,20H,2,8,12,34H2,1H3. The van der Waals surface area contributed by atoms with Crippen LogP contribution in [0.2, 0.25) is 25.1 Å². The lowest BCUT2D eigenvalue weighted by atomic mass is 9.83. The molecule has 1 aliphatic heterocycles. The maximum Gasteiger partial charge on any atom is 0.349 e. The number of allylic oxidation sites excluding steroid dienone is 1. The maximum atomic E-state index is 12.5. The first-order valence-electron chi connectivity index (χ1n) is 11.4.